The third-order valence-electron chi connectivity index (χ3n) is 4.32. The van der Waals surface area contributed by atoms with Gasteiger partial charge in [0, 0.05) is 0 Å². The van der Waals surface area contributed by atoms with Crippen LogP contribution < -0.4 is 0 Å². The summed E-state index contributed by atoms with van der Waals surface area (Å²) in [4.78, 5) is 12.2. The molecule has 0 aromatic heterocycles. The second kappa shape index (κ2) is 8.68. The minimum Gasteiger partial charge on any atom is -0.462 e. The molecule has 0 saturated heterocycles. The molecule has 0 aliphatic rings. The summed E-state index contributed by atoms with van der Waals surface area (Å²) in [6.07, 6.45) is 4.50. The lowest BCUT2D eigenvalue weighted by molar-refractivity contribution is 0.0428. The summed E-state index contributed by atoms with van der Waals surface area (Å²) < 4.78 is 5.49. The second-order valence-corrected chi connectivity index (χ2v) is 6.07. The van der Waals surface area contributed by atoms with Gasteiger partial charge in [-0.1, -0.05) is 51.3 Å². The van der Waals surface area contributed by atoms with Crippen LogP contribution in [0.4, 0.5) is 0 Å². The summed E-state index contributed by atoms with van der Waals surface area (Å²) in [6.45, 7) is 4.84. The lowest BCUT2D eigenvalue weighted by Crippen LogP contribution is -2.14. The quantitative estimate of drug-likeness (QED) is 0.718. The van der Waals surface area contributed by atoms with Crippen LogP contribution in [0.25, 0.3) is 10.8 Å². The number of benzene rings is 2. The Hall–Kier alpha value is -1.87. The topological polar surface area (TPSA) is 46.5 Å². The molecule has 3 nitrogen and oxygen atoms in total. The van der Waals surface area contributed by atoms with Crippen molar-refractivity contribution in [2.75, 3.05) is 6.61 Å². The number of carbonyl (C=O) groups excluding carboxylic acids is 1. The lowest BCUT2D eigenvalue weighted by Gasteiger charge is -2.14. The fourth-order valence-corrected chi connectivity index (χ4v) is 2.70. The molecule has 124 valence electrons. The highest BCUT2D eigenvalue weighted by atomic mass is 16.5. The van der Waals surface area contributed by atoms with Crippen molar-refractivity contribution in [2.24, 2.45) is 5.92 Å². The van der Waals surface area contributed by atoms with Gasteiger partial charge in [0.05, 0.1) is 18.8 Å². The molecular formula is C20H26O3. The van der Waals surface area contributed by atoms with E-state index in [1.165, 1.54) is 12.8 Å². The van der Waals surface area contributed by atoms with Crippen molar-refractivity contribution in [2.45, 2.75) is 46.1 Å². The minimum absolute atomic E-state index is 0.0237. The van der Waals surface area contributed by atoms with Gasteiger partial charge in [0.2, 0.25) is 0 Å². The molecule has 0 aliphatic carbocycles. The summed E-state index contributed by atoms with van der Waals surface area (Å²) in [6, 6.07) is 11.3. The van der Waals surface area contributed by atoms with Gasteiger partial charge in [0.1, 0.15) is 0 Å². The van der Waals surface area contributed by atoms with Gasteiger partial charge in [0.25, 0.3) is 0 Å². The summed E-state index contributed by atoms with van der Waals surface area (Å²) in [5.41, 5.74) is 1.45. The zero-order chi connectivity index (χ0) is 16.7. The first-order chi connectivity index (χ1) is 11.2. The maximum atomic E-state index is 12.2. The number of fused-ring (bicyclic) bond motifs is 1. The Morgan fingerprint density at radius 2 is 1.87 bits per heavy atom. The van der Waals surface area contributed by atoms with E-state index in [9.17, 15) is 9.90 Å². The number of carbonyl (C=O) groups is 1. The zero-order valence-corrected chi connectivity index (χ0v) is 14.0. The fraction of sp³-hybridized carbons (Fsp3) is 0.450. The first-order valence-corrected chi connectivity index (χ1v) is 8.48. The van der Waals surface area contributed by atoms with Crippen molar-refractivity contribution in [3.05, 3.63) is 47.5 Å². The molecule has 2 aromatic carbocycles. The Morgan fingerprint density at radius 3 is 2.57 bits per heavy atom. The molecular weight excluding hydrogens is 288 g/mol. The molecule has 23 heavy (non-hydrogen) atoms. The van der Waals surface area contributed by atoms with Crippen molar-refractivity contribution in [1.29, 1.82) is 0 Å². The van der Waals surface area contributed by atoms with Gasteiger partial charge in [-0.25, -0.2) is 4.79 Å². The van der Waals surface area contributed by atoms with E-state index in [0.29, 0.717) is 18.1 Å². The Balaban J connectivity index is 2.03. The van der Waals surface area contributed by atoms with E-state index in [0.717, 1.165) is 29.2 Å². The van der Waals surface area contributed by atoms with Crippen molar-refractivity contribution in [1.82, 2.24) is 0 Å². The van der Waals surface area contributed by atoms with Crippen molar-refractivity contribution >= 4 is 16.7 Å². The molecule has 0 radical (unpaired) electrons. The van der Waals surface area contributed by atoms with Gasteiger partial charge in [0.15, 0.2) is 0 Å². The maximum Gasteiger partial charge on any atom is 0.338 e. The van der Waals surface area contributed by atoms with Crippen LogP contribution in [0, 0.1) is 5.92 Å². The highest BCUT2D eigenvalue weighted by Gasteiger charge is 2.12. The SMILES string of the molecule is CCCCC(CC)COC(=O)c1ccc2cc(CO)ccc2c1. The van der Waals surface area contributed by atoms with E-state index < -0.39 is 0 Å². The molecule has 1 atom stereocenters. The molecule has 0 fully saturated rings. The molecule has 0 aliphatic heterocycles. The van der Waals surface area contributed by atoms with Crippen molar-refractivity contribution in [3.63, 3.8) is 0 Å². The molecule has 0 saturated carbocycles. The Labute approximate surface area is 138 Å². The molecule has 1 N–H and O–H groups in total. The van der Waals surface area contributed by atoms with Gasteiger partial charge in [-0.2, -0.15) is 0 Å². The number of unbranched alkanes of at least 4 members (excludes halogenated alkanes) is 1. The van der Waals surface area contributed by atoms with Crippen LogP contribution in [-0.2, 0) is 11.3 Å². The highest BCUT2D eigenvalue weighted by Crippen LogP contribution is 2.19. The van der Waals surface area contributed by atoms with E-state index in [-0.39, 0.29) is 12.6 Å². The Morgan fingerprint density at radius 1 is 1.13 bits per heavy atom. The monoisotopic (exact) mass is 314 g/mol. The second-order valence-electron chi connectivity index (χ2n) is 6.07. The number of hydrogen-bond donors (Lipinski definition) is 1. The van der Waals surface area contributed by atoms with Crippen LogP contribution >= 0.6 is 0 Å². The van der Waals surface area contributed by atoms with Crippen LogP contribution in [0.5, 0.6) is 0 Å². The fourth-order valence-electron chi connectivity index (χ4n) is 2.70. The van der Waals surface area contributed by atoms with Gasteiger partial charge in [-0.15, -0.1) is 0 Å². The smallest absolute Gasteiger partial charge is 0.338 e. The number of aliphatic hydroxyl groups is 1. The molecule has 3 heteroatoms. The lowest BCUT2D eigenvalue weighted by atomic mass is 10.0. The average molecular weight is 314 g/mol. The van der Waals surface area contributed by atoms with Crippen LogP contribution in [-0.4, -0.2) is 17.7 Å². The Kier molecular flexibility index (Phi) is 6.60. The number of aliphatic hydroxyl groups excluding tert-OH is 1. The van der Waals surface area contributed by atoms with E-state index in [2.05, 4.69) is 13.8 Å². The largest absolute Gasteiger partial charge is 0.462 e. The third kappa shape index (κ3) is 4.80. The van der Waals surface area contributed by atoms with E-state index >= 15 is 0 Å². The molecule has 2 rings (SSSR count). The molecule has 0 heterocycles. The minimum atomic E-state index is -0.256. The van der Waals surface area contributed by atoms with Crippen LogP contribution in [0.1, 0.15) is 55.5 Å². The normalized spacial score (nSPS) is 12.3. The average Bonchev–Trinajstić information content (AvgIpc) is 2.60. The molecule has 0 spiro atoms. The first-order valence-electron chi connectivity index (χ1n) is 8.48. The third-order valence-corrected chi connectivity index (χ3v) is 4.32. The highest BCUT2D eigenvalue weighted by molar-refractivity contribution is 5.95. The summed E-state index contributed by atoms with van der Waals surface area (Å²) in [7, 11) is 0. The first kappa shape index (κ1) is 17.5. The summed E-state index contributed by atoms with van der Waals surface area (Å²) >= 11 is 0. The van der Waals surface area contributed by atoms with Gasteiger partial charge in [-0.3, -0.25) is 0 Å². The van der Waals surface area contributed by atoms with Crippen LogP contribution in [0.15, 0.2) is 36.4 Å². The summed E-state index contributed by atoms with van der Waals surface area (Å²) in [5, 5.41) is 11.2. The molecule has 1 unspecified atom stereocenters. The molecule has 2 aromatic rings. The Bertz CT molecular complexity index is 648. The predicted molar refractivity (Wildman–Crippen MR) is 93.5 cm³/mol. The van der Waals surface area contributed by atoms with E-state index in [4.69, 9.17) is 4.74 Å². The molecule has 0 amide bonds. The zero-order valence-electron chi connectivity index (χ0n) is 14.0. The summed E-state index contributed by atoms with van der Waals surface area (Å²) in [5.74, 6) is 0.194. The van der Waals surface area contributed by atoms with E-state index in [1.807, 2.05) is 30.3 Å². The molecule has 0 bridgehead atoms. The van der Waals surface area contributed by atoms with Crippen molar-refractivity contribution in [3.8, 4) is 0 Å². The number of esters is 1. The van der Waals surface area contributed by atoms with Crippen molar-refractivity contribution < 1.29 is 14.6 Å². The number of hydrogen-bond acceptors (Lipinski definition) is 3. The predicted octanol–water partition coefficient (Wildman–Crippen LogP) is 4.71. The van der Waals surface area contributed by atoms with Gasteiger partial charge < -0.3 is 9.84 Å². The number of rotatable bonds is 8. The van der Waals surface area contributed by atoms with Gasteiger partial charge >= 0.3 is 5.97 Å². The van der Waals surface area contributed by atoms with Gasteiger partial charge in [-0.05, 0) is 46.9 Å². The van der Waals surface area contributed by atoms with Crippen LogP contribution in [0.2, 0.25) is 0 Å². The standard InChI is InChI=1S/C20H26O3/c1-3-5-6-15(4-2)14-23-20(22)19-10-9-17-11-16(13-21)7-8-18(17)12-19/h7-12,15,21H,3-6,13-14H2,1-2H3. The van der Waals surface area contributed by atoms with Crippen LogP contribution in [0.3, 0.4) is 0 Å². The maximum absolute atomic E-state index is 12.2. The number of ether oxygens (including phenoxy) is 1. The van der Waals surface area contributed by atoms with E-state index in [1.54, 1.807) is 6.07 Å².